The maximum absolute atomic E-state index is 13.0. The van der Waals surface area contributed by atoms with Gasteiger partial charge in [0.15, 0.2) is 0 Å². The highest BCUT2D eigenvalue weighted by molar-refractivity contribution is 7.89. The quantitative estimate of drug-likeness (QED) is 0.138. The van der Waals surface area contributed by atoms with Gasteiger partial charge in [-0.2, -0.15) is 8.61 Å². The van der Waals surface area contributed by atoms with Gasteiger partial charge in [-0.15, -0.1) is 0 Å². The molecule has 0 aliphatic heterocycles. The van der Waals surface area contributed by atoms with Crippen molar-refractivity contribution in [3.05, 3.63) is 156 Å². The van der Waals surface area contributed by atoms with E-state index in [4.69, 9.17) is 0 Å². The van der Waals surface area contributed by atoms with E-state index in [1.54, 1.807) is 75.1 Å². The summed E-state index contributed by atoms with van der Waals surface area (Å²) < 4.78 is 54.6. The minimum Gasteiger partial charge on any atom is -0.256 e. The van der Waals surface area contributed by atoms with Crippen LogP contribution in [0.5, 0.6) is 0 Å². The van der Waals surface area contributed by atoms with Gasteiger partial charge in [-0.25, -0.2) is 16.8 Å². The number of hydrogen-bond acceptors (Lipinski definition) is 6. The van der Waals surface area contributed by atoms with Crippen LogP contribution in [0.1, 0.15) is 22.3 Å². The van der Waals surface area contributed by atoms with Gasteiger partial charge in [-0.1, -0.05) is 84.9 Å². The number of benzene rings is 5. The Bertz CT molecular complexity index is 1860. The summed E-state index contributed by atoms with van der Waals surface area (Å²) in [5.41, 5.74) is 4.82. The predicted molar refractivity (Wildman–Crippen MR) is 184 cm³/mol. The number of hydrogen-bond donors (Lipinski definition) is 0. The number of nitrogens with zero attached hydrogens (tertiary/aromatic N) is 4. The smallest absolute Gasteiger partial charge is 0.243 e. The van der Waals surface area contributed by atoms with E-state index in [0.717, 1.165) is 22.3 Å². The Balaban J connectivity index is 1.16. The Hall–Kier alpha value is -4.74. The summed E-state index contributed by atoms with van der Waals surface area (Å²) in [6, 6.07) is 39.5. The summed E-state index contributed by atoms with van der Waals surface area (Å²) in [5, 5.41) is 0. The van der Waals surface area contributed by atoms with Gasteiger partial charge in [0.1, 0.15) is 0 Å². The summed E-state index contributed by atoms with van der Waals surface area (Å²) in [5.74, 6) is 0. The summed E-state index contributed by atoms with van der Waals surface area (Å²) in [6.07, 6.45) is 3.42. The second-order valence-corrected chi connectivity index (χ2v) is 14.8. The highest BCUT2D eigenvalue weighted by atomic mass is 32.2. The second-order valence-electron chi connectivity index (χ2n) is 10.7. The van der Waals surface area contributed by atoms with Gasteiger partial charge in [0.25, 0.3) is 0 Å². The van der Waals surface area contributed by atoms with Gasteiger partial charge in [0.05, 0.1) is 21.2 Å². The summed E-state index contributed by atoms with van der Waals surface area (Å²) in [4.78, 5) is 9.38. The fourth-order valence-corrected chi connectivity index (χ4v) is 6.90. The molecule has 0 heterocycles. The SMILES string of the molecule is CN(Cc1ccccc1)S(=O)(=O)c1ccc(N=Cc2ccc(C=Nc3ccc(S(=O)(=O)N(C)Cc4ccccc4)cc3)cc2)cc1. The Kier molecular flexibility index (Phi) is 10.3. The lowest BCUT2D eigenvalue weighted by Crippen LogP contribution is -2.26. The molecule has 0 unspecified atom stereocenters. The normalized spacial score (nSPS) is 12.4. The molecule has 234 valence electrons. The van der Waals surface area contributed by atoms with Crippen molar-refractivity contribution in [2.45, 2.75) is 22.9 Å². The van der Waals surface area contributed by atoms with E-state index in [9.17, 15) is 16.8 Å². The first-order valence-electron chi connectivity index (χ1n) is 14.5. The lowest BCUT2D eigenvalue weighted by molar-refractivity contribution is 0.466. The van der Waals surface area contributed by atoms with E-state index in [2.05, 4.69) is 9.98 Å². The van der Waals surface area contributed by atoms with Crippen molar-refractivity contribution in [1.29, 1.82) is 0 Å². The van der Waals surface area contributed by atoms with Crippen LogP contribution < -0.4 is 0 Å². The Morgan fingerprint density at radius 2 is 0.804 bits per heavy atom. The van der Waals surface area contributed by atoms with Crippen molar-refractivity contribution in [3.63, 3.8) is 0 Å². The molecule has 0 saturated heterocycles. The third-order valence-corrected chi connectivity index (χ3v) is 10.9. The molecule has 10 heteroatoms. The van der Waals surface area contributed by atoms with Crippen molar-refractivity contribution >= 4 is 43.9 Å². The van der Waals surface area contributed by atoms with Crippen molar-refractivity contribution < 1.29 is 16.8 Å². The largest absolute Gasteiger partial charge is 0.256 e. The van der Waals surface area contributed by atoms with Crippen LogP contribution in [0, 0.1) is 0 Å². The van der Waals surface area contributed by atoms with Gasteiger partial charge in [0.2, 0.25) is 20.0 Å². The Morgan fingerprint density at radius 3 is 1.13 bits per heavy atom. The Morgan fingerprint density at radius 1 is 0.478 bits per heavy atom. The molecule has 0 N–H and O–H groups in total. The monoisotopic (exact) mass is 650 g/mol. The van der Waals surface area contributed by atoms with Gasteiger partial charge >= 0.3 is 0 Å². The molecular weight excluding hydrogens is 617 g/mol. The van der Waals surface area contributed by atoms with Gasteiger partial charge in [-0.3, -0.25) is 9.98 Å². The van der Waals surface area contributed by atoms with Crippen LogP contribution in [0.4, 0.5) is 11.4 Å². The Labute approximate surface area is 271 Å². The second kappa shape index (κ2) is 14.6. The van der Waals surface area contributed by atoms with E-state index in [0.29, 0.717) is 11.4 Å². The van der Waals surface area contributed by atoms with Crippen LogP contribution >= 0.6 is 0 Å². The highest BCUT2D eigenvalue weighted by Gasteiger charge is 2.21. The minimum absolute atomic E-state index is 0.209. The topological polar surface area (TPSA) is 99.5 Å². The molecule has 0 bridgehead atoms. The van der Waals surface area contributed by atoms with Gasteiger partial charge < -0.3 is 0 Å². The molecule has 0 amide bonds. The molecule has 0 aliphatic carbocycles. The molecule has 0 aliphatic rings. The zero-order valence-electron chi connectivity index (χ0n) is 25.5. The van der Waals surface area contributed by atoms with Crippen LogP contribution in [-0.4, -0.2) is 52.0 Å². The lowest BCUT2D eigenvalue weighted by Gasteiger charge is -2.17. The van der Waals surface area contributed by atoms with Gasteiger partial charge in [-0.05, 0) is 70.8 Å². The van der Waals surface area contributed by atoms with Crippen molar-refractivity contribution in [3.8, 4) is 0 Å². The molecule has 5 aromatic carbocycles. The average Bonchev–Trinajstić information content (AvgIpc) is 3.08. The van der Waals surface area contributed by atoms with Crippen LogP contribution in [0.2, 0.25) is 0 Å². The summed E-state index contributed by atoms with van der Waals surface area (Å²) >= 11 is 0. The maximum Gasteiger partial charge on any atom is 0.243 e. The van der Waals surface area contributed by atoms with Crippen molar-refractivity contribution in [1.82, 2.24) is 8.61 Å². The average molecular weight is 651 g/mol. The van der Waals surface area contributed by atoms with Crippen LogP contribution in [0.3, 0.4) is 0 Å². The fourth-order valence-electron chi connectivity index (χ4n) is 4.59. The predicted octanol–water partition coefficient (Wildman–Crippen LogP) is 6.83. The molecule has 0 radical (unpaired) electrons. The van der Waals surface area contributed by atoms with Crippen LogP contribution in [-0.2, 0) is 33.1 Å². The van der Waals surface area contributed by atoms with Crippen LogP contribution in [0.25, 0.3) is 0 Å². The zero-order valence-corrected chi connectivity index (χ0v) is 27.1. The number of aliphatic imine (C=N–C) groups is 2. The number of rotatable bonds is 12. The molecule has 0 atom stereocenters. The first-order chi connectivity index (χ1) is 22.1. The summed E-state index contributed by atoms with van der Waals surface area (Å²) in [6.45, 7) is 0.571. The van der Waals surface area contributed by atoms with Crippen LogP contribution in [0.15, 0.2) is 153 Å². The third kappa shape index (κ3) is 8.29. The molecule has 46 heavy (non-hydrogen) atoms. The van der Waals surface area contributed by atoms with Crippen molar-refractivity contribution in [2.75, 3.05) is 14.1 Å². The fraction of sp³-hybridized carbons (Fsp3) is 0.111. The summed E-state index contributed by atoms with van der Waals surface area (Å²) in [7, 11) is -4.13. The maximum atomic E-state index is 13.0. The highest BCUT2D eigenvalue weighted by Crippen LogP contribution is 2.22. The molecule has 5 aromatic rings. The lowest BCUT2D eigenvalue weighted by atomic mass is 10.1. The standard InChI is InChI=1S/C36H34N4O4S2/c1-39(27-31-9-5-3-6-10-31)45(41,42)35-21-17-33(18-22-35)37-25-29-13-15-30(16-14-29)26-38-34-19-23-36(24-20-34)46(43,44)40(2)28-32-11-7-4-8-12-32/h3-26H,27-28H2,1-2H3. The van der Waals surface area contributed by atoms with Gasteiger partial charge in [0, 0.05) is 39.6 Å². The molecule has 0 spiro atoms. The third-order valence-electron chi connectivity index (χ3n) is 7.25. The van der Waals surface area contributed by atoms with E-state index in [-0.39, 0.29) is 22.9 Å². The van der Waals surface area contributed by atoms with E-state index in [1.165, 1.54) is 8.61 Å². The first-order valence-corrected chi connectivity index (χ1v) is 17.4. The minimum atomic E-state index is -3.63. The molecule has 0 fully saturated rings. The van der Waals surface area contributed by atoms with E-state index >= 15 is 0 Å². The molecule has 0 saturated carbocycles. The zero-order chi connectivity index (χ0) is 32.6. The first kappa shape index (κ1) is 32.6. The van der Waals surface area contributed by atoms with Crippen molar-refractivity contribution in [2.24, 2.45) is 9.98 Å². The molecular formula is C36H34N4O4S2. The van der Waals surface area contributed by atoms with E-state index in [1.807, 2.05) is 84.9 Å². The molecule has 8 nitrogen and oxygen atoms in total. The molecule has 5 rings (SSSR count). The van der Waals surface area contributed by atoms with E-state index < -0.39 is 20.0 Å². The molecule has 0 aromatic heterocycles. The number of sulfonamides is 2.